The number of unbranched alkanes of at least 4 members (excludes halogenated alkanes) is 6. The van der Waals surface area contributed by atoms with Crippen LogP contribution in [0.4, 0.5) is 0 Å². The molecule has 1 aliphatic rings. The highest BCUT2D eigenvalue weighted by atomic mass is 32.3. The van der Waals surface area contributed by atoms with Crippen molar-refractivity contribution in [3.05, 3.63) is 0 Å². The molecule has 0 aromatic heterocycles. The molecule has 0 aromatic carbocycles. The number of hydrogen-bond donors (Lipinski definition) is 1. The van der Waals surface area contributed by atoms with Crippen molar-refractivity contribution in [1.29, 1.82) is 0 Å². The van der Waals surface area contributed by atoms with Crippen LogP contribution < -0.4 is 0 Å². The Morgan fingerprint density at radius 3 is 2.25 bits per heavy atom. The van der Waals surface area contributed by atoms with Gasteiger partial charge in [-0.3, -0.25) is 11.9 Å². The van der Waals surface area contributed by atoms with E-state index in [4.69, 9.17) is 24.6 Å². The maximum atomic E-state index is 10.6. The molecule has 0 saturated carbocycles. The Balaban J connectivity index is 2.32. The van der Waals surface area contributed by atoms with Gasteiger partial charge in [-0.05, 0) is 6.04 Å². The van der Waals surface area contributed by atoms with Gasteiger partial charge in [-0.25, -0.2) is 0 Å². The van der Waals surface area contributed by atoms with Gasteiger partial charge in [-0.2, -0.15) is 0 Å². The van der Waals surface area contributed by atoms with Crippen LogP contribution in [0, 0.1) is 0 Å². The Hall–Kier alpha value is 0.721. The first-order valence-corrected chi connectivity index (χ1v) is 16.0. The summed E-state index contributed by atoms with van der Waals surface area (Å²) in [4.78, 5) is 10.6. The molecule has 0 radical (unpaired) electrons. The van der Waals surface area contributed by atoms with Crippen LogP contribution in [0.3, 0.4) is 0 Å². The van der Waals surface area contributed by atoms with E-state index in [9.17, 15) is 4.80 Å². The van der Waals surface area contributed by atoms with E-state index in [-0.39, 0.29) is 0 Å². The van der Waals surface area contributed by atoms with E-state index in [2.05, 4.69) is 6.92 Å². The molecule has 0 spiro atoms. The van der Waals surface area contributed by atoms with Gasteiger partial charge in [0.2, 0.25) is 0 Å². The fourth-order valence-electron chi connectivity index (χ4n) is 2.39. The molecule has 1 saturated heterocycles. The monoisotopic (exact) mass is 418 g/mol. The third-order valence-electron chi connectivity index (χ3n) is 3.83. The van der Waals surface area contributed by atoms with Crippen molar-refractivity contribution in [2.45, 2.75) is 64.5 Å². The summed E-state index contributed by atoms with van der Waals surface area (Å²) in [5, 5.41) is 0. The fourth-order valence-corrected chi connectivity index (χ4v) is 14.0. The average Bonchev–Trinajstić information content (AvgIpc) is 2.52. The largest absolute Gasteiger partial charge is 0.671 e. The second-order valence-electron chi connectivity index (χ2n) is 6.05. The van der Waals surface area contributed by atoms with Crippen molar-refractivity contribution in [3.63, 3.8) is 0 Å². The standard InChI is InChI=1S/C13H34O7SSi3/c1-6-7-8-9-10-11-12-13-22-19-24(14)18-21(4,15-2)17-23(5,16-3)20-24/h14H,6-13,22H2,1-5H3. The summed E-state index contributed by atoms with van der Waals surface area (Å²) >= 11 is 0. The van der Waals surface area contributed by atoms with Gasteiger partial charge < -0.3 is 17.5 Å². The highest BCUT2D eigenvalue weighted by Crippen LogP contribution is 2.55. The molecular formula is C13H34O7SSi3. The maximum Gasteiger partial charge on any atom is 0.671 e. The molecule has 0 amide bonds. The van der Waals surface area contributed by atoms with E-state index in [1.807, 2.05) is 0 Å². The summed E-state index contributed by atoms with van der Waals surface area (Å²) in [7, 11) is -7.03. The van der Waals surface area contributed by atoms with Crippen molar-refractivity contribution in [2.24, 2.45) is 0 Å². The van der Waals surface area contributed by atoms with Crippen LogP contribution in [0.2, 0.25) is 12.6 Å². The zero-order valence-corrected chi connectivity index (χ0v) is 19.9. The lowest BCUT2D eigenvalue weighted by Crippen LogP contribution is -2.62. The average molecular weight is 419 g/mol. The topological polar surface area (TPSA) is 75.6 Å². The molecule has 1 heterocycles. The lowest BCUT2D eigenvalue weighted by molar-refractivity contribution is 0.0639. The fraction of sp³-hybridized carbons (Fsp3) is 1.00. The van der Waals surface area contributed by atoms with Crippen molar-refractivity contribution in [3.8, 4) is 0 Å². The molecule has 11 heteroatoms. The molecule has 24 heavy (non-hydrogen) atoms. The molecule has 3 unspecified atom stereocenters. The zero-order valence-electron chi connectivity index (χ0n) is 15.7. The van der Waals surface area contributed by atoms with E-state index in [0.717, 1.165) is 12.5 Å². The molecule has 1 aliphatic heterocycles. The van der Waals surface area contributed by atoms with Crippen LogP contribution in [0.15, 0.2) is 0 Å². The first kappa shape index (κ1) is 22.8. The first-order chi connectivity index (χ1) is 11.3. The van der Waals surface area contributed by atoms with Crippen molar-refractivity contribution in [2.75, 3.05) is 20.5 Å². The summed E-state index contributed by atoms with van der Waals surface area (Å²) < 4.78 is 33.2. The second kappa shape index (κ2) is 10.8. The summed E-state index contributed by atoms with van der Waals surface area (Å²) in [6.07, 6.45) is 10.5. The summed E-state index contributed by atoms with van der Waals surface area (Å²) in [5.74, 6) is 0. The number of rotatable bonds is 12. The lowest BCUT2D eigenvalue weighted by atomic mass is 10.1. The van der Waals surface area contributed by atoms with Gasteiger partial charge >= 0.3 is 17.9 Å². The molecule has 7 nitrogen and oxygen atoms in total. The summed E-state index contributed by atoms with van der Waals surface area (Å²) in [6.45, 7) is 3.94. The molecule has 146 valence electrons. The van der Waals surface area contributed by atoms with E-state index >= 15 is 0 Å². The third-order valence-corrected chi connectivity index (χ3v) is 15.2. The maximum absolute atomic E-state index is 10.6. The molecule has 0 aliphatic carbocycles. The third kappa shape index (κ3) is 7.95. The highest BCUT2D eigenvalue weighted by molar-refractivity contribution is 8.22. The Labute approximate surface area is 153 Å². The second-order valence-corrected chi connectivity index (χ2v) is 15.4. The van der Waals surface area contributed by atoms with Gasteiger partial charge in [0.15, 0.2) is 9.76 Å². The van der Waals surface area contributed by atoms with Gasteiger partial charge in [0, 0.05) is 19.9 Å². The van der Waals surface area contributed by atoms with Crippen LogP contribution in [0.5, 0.6) is 0 Å². The number of hydrogen-bond acceptors (Lipinski definition) is 7. The van der Waals surface area contributed by atoms with E-state index in [0.29, 0.717) is 0 Å². The van der Waals surface area contributed by atoms with Gasteiger partial charge in [0.05, 0.1) is 18.0 Å². The molecule has 1 fully saturated rings. The van der Waals surface area contributed by atoms with Crippen molar-refractivity contribution in [1.82, 2.24) is 0 Å². The molecule has 3 atom stereocenters. The van der Waals surface area contributed by atoms with E-state index in [1.54, 1.807) is 12.8 Å². The Morgan fingerprint density at radius 2 is 1.67 bits per heavy atom. The minimum atomic E-state index is -3.75. The van der Waals surface area contributed by atoms with Crippen LogP contribution in [0.1, 0.15) is 51.9 Å². The molecule has 1 rings (SSSR count). The molecule has 1 N–H and O–H groups in total. The van der Waals surface area contributed by atoms with E-state index in [1.165, 1.54) is 52.7 Å². The molecule has 0 bridgehead atoms. The predicted octanol–water partition coefficient (Wildman–Crippen LogP) is 2.79. The lowest BCUT2D eigenvalue weighted by Gasteiger charge is -2.47. The van der Waals surface area contributed by atoms with Gasteiger partial charge in [0.1, 0.15) is 0 Å². The smallest absolute Gasteiger partial charge is 0.400 e. The quantitative estimate of drug-likeness (QED) is 0.386. The van der Waals surface area contributed by atoms with Gasteiger partial charge in [-0.1, -0.05) is 51.9 Å². The van der Waals surface area contributed by atoms with Crippen LogP contribution in [-0.2, 0) is 24.6 Å². The normalized spacial score (nSPS) is 36.9. The minimum Gasteiger partial charge on any atom is -0.400 e. The predicted molar refractivity (Wildman–Crippen MR) is 103 cm³/mol. The minimum absolute atomic E-state index is 0.916. The SMILES string of the molecule is CCCCCCCCC[SiH2]O[Si]1(O)O[Si](C)(OC)OS(C)(OC)O1. The van der Waals surface area contributed by atoms with Crippen molar-refractivity contribution < 1.29 is 29.4 Å². The Morgan fingerprint density at radius 1 is 1.04 bits per heavy atom. The molecule has 0 aromatic rings. The Kier molecular flexibility index (Phi) is 10.2. The van der Waals surface area contributed by atoms with Crippen LogP contribution >= 0.6 is 10.9 Å². The van der Waals surface area contributed by atoms with Gasteiger partial charge in [-0.15, -0.1) is 0 Å². The Bertz CT molecular complexity index is 350. The summed E-state index contributed by atoms with van der Waals surface area (Å²) in [6, 6.07) is 1.00. The van der Waals surface area contributed by atoms with Crippen molar-refractivity contribution >= 4 is 38.5 Å². The summed E-state index contributed by atoms with van der Waals surface area (Å²) in [5.41, 5.74) is 0. The van der Waals surface area contributed by atoms with E-state index < -0.39 is 38.5 Å². The zero-order chi connectivity index (χ0) is 18.1. The highest BCUT2D eigenvalue weighted by Gasteiger charge is 2.61. The van der Waals surface area contributed by atoms with Crippen LogP contribution in [0.25, 0.3) is 0 Å². The van der Waals surface area contributed by atoms with Crippen LogP contribution in [-0.4, -0.2) is 52.9 Å². The first-order valence-electron chi connectivity index (χ1n) is 8.67. The molecular weight excluding hydrogens is 384 g/mol. The van der Waals surface area contributed by atoms with Gasteiger partial charge in [0.25, 0.3) is 0 Å².